The quantitative estimate of drug-likeness (QED) is 0.0729. The smallest absolute Gasteiger partial charge is 0.691 e. The van der Waals surface area contributed by atoms with E-state index in [1.165, 1.54) is 44.5 Å². The molecule has 4 nitrogen and oxygen atoms in total. The molecule has 4 aromatic carbocycles. The van der Waals surface area contributed by atoms with E-state index in [9.17, 15) is 0 Å². The molecular formula is C61H87AlN4. The van der Waals surface area contributed by atoms with Gasteiger partial charge in [0.15, 0.2) is 0 Å². The Morgan fingerprint density at radius 1 is 0.545 bits per heavy atom. The Morgan fingerprint density at radius 3 is 1.29 bits per heavy atom. The van der Waals surface area contributed by atoms with Crippen LogP contribution >= 0.6 is 0 Å². The predicted molar refractivity (Wildman–Crippen MR) is 294 cm³/mol. The molecular weight excluding hydrogens is 816 g/mol. The molecule has 0 fully saturated rings. The second kappa shape index (κ2) is 22.9. The number of fused-ring (bicyclic) bond motifs is 1. The molecule has 1 unspecified atom stereocenters. The summed E-state index contributed by atoms with van der Waals surface area (Å²) in [6.45, 7) is 49.6. The van der Waals surface area contributed by atoms with Gasteiger partial charge in [0.1, 0.15) is 0 Å². The zero-order chi connectivity index (χ0) is 48.9. The molecule has 5 rings (SSSR count). The number of hydrogen-bond acceptors (Lipinski definition) is 2. The first-order chi connectivity index (χ1) is 30.1. The minimum absolute atomic E-state index is 0. The van der Waals surface area contributed by atoms with Gasteiger partial charge in [-0.05, 0) is 63.4 Å². The van der Waals surface area contributed by atoms with Crippen LogP contribution in [0.1, 0.15) is 238 Å². The van der Waals surface area contributed by atoms with Crippen molar-refractivity contribution >= 4 is 52.0 Å². The molecule has 1 aliphatic rings. The number of para-hydroxylation sites is 4. The fraction of sp³-hybridized carbons (Fsp3) is 0.541. The van der Waals surface area contributed by atoms with Crippen LogP contribution < -0.4 is 0 Å². The third kappa shape index (κ3) is 13.4. The summed E-state index contributed by atoms with van der Waals surface area (Å²) in [5, 5.41) is 10.5. The van der Waals surface area contributed by atoms with E-state index in [4.69, 9.17) is 20.6 Å². The minimum Gasteiger partial charge on any atom is -0.691 e. The van der Waals surface area contributed by atoms with Crippen LogP contribution in [0.4, 0.5) is 22.7 Å². The summed E-state index contributed by atoms with van der Waals surface area (Å²) in [6.07, 6.45) is 5.73. The average molecular weight is 903 g/mol. The summed E-state index contributed by atoms with van der Waals surface area (Å²) in [5.41, 5.74) is 16.7. The summed E-state index contributed by atoms with van der Waals surface area (Å²) >= 11 is 0. The zero-order valence-corrected chi connectivity index (χ0v) is 46.6. The van der Waals surface area contributed by atoms with Gasteiger partial charge in [-0.2, -0.15) is 18.0 Å². The third-order valence-corrected chi connectivity index (χ3v) is 12.9. The number of nitrogens with zero attached hydrogens (tertiary/aromatic N) is 4. The first-order valence-electron chi connectivity index (χ1n) is 24.8. The summed E-state index contributed by atoms with van der Waals surface area (Å²) in [6, 6.07) is 26.4. The van der Waals surface area contributed by atoms with Crippen LogP contribution in [0.15, 0.2) is 94.6 Å². The third-order valence-electron chi connectivity index (χ3n) is 12.9. The van der Waals surface area contributed by atoms with Crippen LogP contribution in [0.5, 0.6) is 0 Å². The van der Waals surface area contributed by atoms with Crippen molar-refractivity contribution in [2.24, 2.45) is 20.8 Å². The fourth-order valence-corrected chi connectivity index (χ4v) is 8.57. The Bertz CT molecular complexity index is 2240. The predicted octanol–water partition coefficient (Wildman–Crippen LogP) is 19.6. The molecule has 4 aromatic rings. The molecule has 0 spiro atoms. The van der Waals surface area contributed by atoms with E-state index < -0.39 is 0 Å². The number of benzene rings is 4. The van der Waals surface area contributed by atoms with Gasteiger partial charge in [-0.1, -0.05) is 259 Å². The molecule has 0 amide bonds. The Kier molecular flexibility index (Phi) is 19.6. The van der Waals surface area contributed by atoms with Crippen LogP contribution in [0, 0.1) is 10.8 Å². The molecule has 0 N–H and O–H groups in total. The normalized spacial score (nSPS) is 15.6. The van der Waals surface area contributed by atoms with Crippen LogP contribution in [-0.4, -0.2) is 35.3 Å². The zero-order valence-electron chi connectivity index (χ0n) is 45.5. The van der Waals surface area contributed by atoms with Crippen molar-refractivity contribution in [3.8, 4) is 0 Å². The Morgan fingerprint density at radius 2 is 0.909 bits per heavy atom. The van der Waals surface area contributed by atoms with Crippen LogP contribution in [0.3, 0.4) is 0 Å². The Labute approximate surface area is 415 Å². The van der Waals surface area contributed by atoms with Crippen LogP contribution in [0.25, 0.3) is 10.6 Å². The molecule has 354 valence electrons. The first-order valence-corrected chi connectivity index (χ1v) is 24.8. The number of rotatable bonds is 13. The van der Waals surface area contributed by atoms with Crippen molar-refractivity contribution in [3.05, 3.63) is 140 Å². The molecule has 1 atom stereocenters. The molecule has 0 radical (unpaired) electrons. The van der Waals surface area contributed by atoms with Gasteiger partial charge in [-0.25, -0.2) is 0 Å². The molecule has 1 heterocycles. The van der Waals surface area contributed by atoms with Gasteiger partial charge in [0.05, 0.1) is 5.69 Å². The van der Waals surface area contributed by atoms with E-state index in [1.54, 1.807) is 0 Å². The molecule has 0 aromatic heterocycles. The van der Waals surface area contributed by atoms with Gasteiger partial charge in [0, 0.05) is 11.1 Å². The van der Waals surface area contributed by atoms with Crippen molar-refractivity contribution in [1.29, 1.82) is 0 Å². The topological polar surface area (TPSA) is 52.9 Å². The summed E-state index contributed by atoms with van der Waals surface area (Å²) in [7, 11) is 0. The molecule has 0 aliphatic carbocycles. The van der Waals surface area contributed by atoms with Gasteiger partial charge in [0.25, 0.3) is 0 Å². The maximum atomic E-state index is 5.46. The van der Waals surface area contributed by atoms with Gasteiger partial charge >= 0.3 is 17.4 Å². The molecule has 66 heavy (non-hydrogen) atoms. The van der Waals surface area contributed by atoms with Gasteiger partial charge in [0.2, 0.25) is 0 Å². The van der Waals surface area contributed by atoms with Gasteiger partial charge in [-0.15, -0.1) is 22.5 Å². The molecule has 5 heteroatoms. The standard InChI is InChI=1S/C35H53N2.C26H34N2.Al/c1-22(2)26-17-15-18-27(23(3)4)32(26)36-30(34(9,10)11)21-31(35(12,13)14)37-33-28(24(5)6)19-16-20-29(33)25(7)8;1-16(2)19-11-9-12-20(17(3)4)24(19)27-15-23-26(7,8)22-14-10-13-21(18(5)6)25(22)28-23;/h15-25H,1-14H3;9-14,16-18,23H,1-8H3;/q-1;-2;+3/b30-21-,37-31?;;. The summed E-state index contributed by atoms with van der Waals surface area (Å²) in [4.78, 5) is 10.4. The Balaban J connectivity index is 0.000000357. The summed E-state index contributed by atoms with van der Waals surface area (Å²) in [5.74, 6) is 2.93. The molecule has 0 saturated heterocycles. The number of allylic oxidation sites excluding steroid dienone is 2. The van der Waals surface area contributed by atoms with E-state index >= 15 is 0 Å². The molecule has 1 aliphatic heterocycles. The van der Waals surface area contributed by atoms with Crippen molar-refractivity contribution in [3.63, 3.8) is 0 Å². The Hall–Kier alpha value is -3.91. The van der Waals surface area contributed by atoms with Crippen molar-refractivity contribution < 1.29 is 0 Å². The van der Waals surface area contributed by atoms with E-state index in [0.717, 1.165) is 34.2 Å². The van der Waals surface area contributed by atoms with E-state index in [-0.39, 0.29) is 39.6 Å². The van der Waals surface area contributed by atoms with Crippen molar-refractivity contribution in [1.82, 2.24) is 0 Å². The summed E-state index contributed by atoms with van der Waals surface area (Å²) < 4.78 is 0. The first kappa shape index (κ1) is 56.4. The maximum Gasteiger partial charge on any atom is 3.00 e. The molecule has 0 bridgehead atoms. The molecule has 0 saturated carbocycles. The monoisotopic (exact) mass is 903 g/mol. The maximum absolute atomic E-state index is 5.46. The van der Waals surface area contributed by atoms with E-state index in [2.05, 4.69) is 237 Å². The van der Waals surface area contributed by atoms with Gasteiger partial charge < -0.3 is 15.6 Å². The largest absolute Gasteiger partial charge is 3.00 e. The fourth-order valence-electron chi connectivity index (χ4n) is 8.57. The van der Waals surface area contributed by atoms with Gasteiger partial charge in [-0.3, -0.25) is 4.99 Å². The second-order valence-corrected chi connectivity index (χ2v) is 23.3. The average Bonchev–Trinajstić information content (AvgIpc) is 3.46. The van der Waals surface area contributed by atoms with Crippen molar-refractivity contribution in [2.45, 2.75) is 205 Å². The second-order valence-electron chi connectivity index (χ2n) is 23.3. The van der Waals surface area contributed by atoms with E-state index in [1.807, 2.05) is 0 Å². The number of hydrogen-bond donors (Lipinski definition) is 0. The SMILES string of the molecule is CC(C)c1cccc(C(C)C)c1N=C(/C=C(\[N-]c1c(C(C)C)cccc1C(C)C)C(C)(C)C)C(C)(C)C.CC(C)c1cccc(C(C)C)c1N=[C-]C1[N-]c2c(C(C)C)cccc2C1(C)C.[Al+3]. The van der Waals surface area contributed by atoms with Crippen LogP contribution in [-0.2, 0) is 5.41 Å². The van der Waals surface area contributed by atoms with E-state index in [0.29, 0.717) is 41.4 Å². The van der Waals surface area contributed by atoms with Crippen molar-refractivity contribution in [2.75, 3.05) is 0 Å². The number of aliphatic imine (C=N–C) groups is 2. The van der Waals surface area contributed by atoms with Crippen LogP contribution in [0.2, 0.25) is 0 Å². The minimum atomic E-state index is -0.136.